The third kappa shape index (κ3) is 6.66. The lowest BCUT2D eigenvalue weighted by Crippen LogP contribution is -2.21. The van der Waals surface area contributed by atoms with Crippen LogP contribution in [0.2, 0.25) is 0 Å². The Morgan fingerprint density at radius 1 is 0.720 bits per heavy atom. The number of benzene rings is 2. The lowest BCUT2D eigenvalue weighted by molar-refractivity contribution is 0.321. The van der Waals surface area contributed by atoms with E-state index < -0.39 is 0 Å². The summed E-state index contributed by atoms with van der Waals surface area (Å²) < 4.78 is 0. The molecule has 0 heterocycles. The Bertz CT molecular complexity index is 577. The van der Waals surface area contributed by atoms with E-state index in [2.05, 4.69) is 75.1 Å². The summed E-state index contributed by atoms with van der Waals surface area (Å²) >= 11 is 0. The Labute approximate surface area is 157 Å². The quantitative estimate of drug-likeness (QED) is 0.497. The maximum atomic E-state index is 2.38. The molecule has 0 aromatic heterocycles. The fourth-order valence-corrected chi connectivity index (χ4v) is 3.06. The smallest absolute Gasteiger partial charge is 0.00134 e. The molecule has 0 fully saturated rings. The van der Waals surface area contributed by atoms with E-state index in [1.165, 1.54) is 47.5 Å². The predicted octanol–water partition coefficient (Wildman–Crippen LogP) is 6.97. The average Bonchev–Trinajstić information content (AvgIpc) is 3.07. The molecule has 0 spiro atoms. The van der Waals surface area contributed by atoms with Crippen molar-refractivity contribution in [3.8, 4) is 11.1 Å². The van der Waals surface area contributed by atoms with Crippen LogP contribution in [-0.4, -0.2) is 24.5 Å². The van der Waals surface area contributed by atoms with Crippen LogP contribution in [0.25, 0.3) is 11.1 Å². The van der Waals surface area contributed by atoms with Crippen LogP contribution in [0, 0.1) is 6.92 Å². The molecule has 0 atom stereocenters. The molecule has 0 aliphatic heterocycles. The molecule has 2 aromatic rings. The van der Waals surface area contributed by atoms with Crippen LogP contribution in [0.15, 0.2) is 42.5 Å². The van der Waals surface area contributed by atoms with Crippen molar-refractivity contribution in [2.45, 2.75) is 61.8 Å². The summed E-state index contributed by atoms with van der Waals surface area (Å²) in [6, 6.07) is 15.3. The second-order valence-electron chi connectivity index (χ2n) is 5.56. The SMILES string of the molecule is CC.CC.CCN(CC)CC.Cc1cccc2c1-c1ccccc1C2. The molecule has 1 nitrogen and oxygen atoms in total. The molecule has 0 amide bonds. The van der Waals surface area contributed by atoms with Gasteiger partial charge in [0.05, 0.1) is 0 Å². The summed E-state index contributed by atoms with van der Waals surface area (Å²) in [5.74, 6) is 0. The van der Waals surface area contributed by atoms with Gasteiger partial charge in [0.2, 0.25) is 0 Å². The maximum Gasteiger partial charge on any atom is -0.00134 e. The van der Waals surface area contributed by atoms with Crippen LogP contribution < -0.4 is 0 Å². The molecule has 1 aliphatic rings. The number of hydrogen-bond acceptors (Lipinski definition) is 1. The minimum Gasteiger partial charge on any atom is -0.304 e. The first-order chi connectivity index (χ1) is 12.2. The average molecular weight is 342 g/mol. The molecule has 0 N–H and O–H groups in total. The van der Waals surface area contributed by atoms with Crippen molar-refractivity contribution in [3.05, 3.63) is 59.2 Å². The van der Waals surface area contributed by atoms with Crippen molar-refractivity contribution in [2.75, 3.05) is 19.6 Å². The number of nitrogens with zero attached hydrogens (tertiary/aromatic N) is 1. The molecule has 1 aliphatic carbocycles. The highest BCUT2D eigenvalue weighted by molar-refractivity contribution is 5.79. The second kappa shape index (κ2) is 13.7. The standard InChI is InChI=1S/C14H12.C6H15N.2C2H6/c1-10-5-4-7-12-9-11-6-2-3-8-13(11)14(10)12;1-4-7(5-2)6-3;2*1-2/h2-8H,9H2,1H3;4-6H2,1-3H3;2*1-2H3. The van der Waals surface area contributed by atoms with Gasteiger partial charge in [-0.3, -0.25) is 0 Å². The summed E-state index contributed by atoms with van der Waals surface area (Å²) in [4.78, 5) is 2.38. The Balaban J connectivity index is 0.000000450. The highest BCUT2D eigenvalue weighted by Crippen LogP contribution is 2.38. The zero-order valence-electron chi connectivity index (χ0n) is 17.8. The first-order valence-electron chi connectivity index (χ1n) is 10.1. The van der Waals surface area contributed by atoms with Crippen molar-refractivity contribution in [1.82, 2.24) is 4.90 Å². The zero-order chi connectivity index (χ0) is 19.2. The molecule has 25 heavy (non-hydrogen) atoms. The first-order valence-corrected chi connectivity index (χ1v) is 10.1. The maximum absolute atomic E-state index is 2.38. The highest BCUT2D eigenvalue weighted by Gasteiger charge is 2.18. The van der Waals surface area contributed by atoms with Crippen molar-refractivity contribution in [2.24, 2.45) is 0 Å². The van der Waals surface area contributed by atoms with E-state index in [0.717, 1.165) is 6.42 Å². The molecule has 0 saturated carbocycles. The van der Waals surface area contributed by atoms with E-state index in [4.69, 9.17) is 0 Å². The highest BCUT2D eigenvalue weighted by atomic mass is 15.1. The van der Waals surface area contributed by atoms with Gasteiger partial charge in [-0.1, -0.05) is 90.9 Å². The lowest BCUT2D eigenvalue weighted by Gasteiger charge is -2.13. The number of fused-ring (bicyclic) bond motifs is 3. The van der Waals surface area contributed by atoms with Gasteiger partial charge < -0.3 is 4.90 Å². The third-order valence-electron chi connectivity index (χ3n) is 4.37. The second-order valence-corrected chi connectivity index (χ2v) is 5.56. The van der Waals surface area contributed by atoms with Gasteiger partial charge in [-0.05, 0) is 60.8 Å². The Morgan fingerprint density at radius 3 is 1.76 bits per heavy atom. The predicted molar refractivity (Wildman–Crippen MR) is 116 cm³/mol. The van der Waals surface area contributed by atoms with Crippen molar-refractivity contribution in [3.63, 3.8) is 0 Å². The van der Waals surface area contributed by atoms with Gasteiger partial charge in [-0.15, -0.1) is 0 Å². The number of rotatable bonds is 3. The topological polar surface area (TPSA) is 3.24 Å². The largest absolute Gasteiger partial charge is 0.304 e. The summed E-state index contributed by atoms with van der Waals surface area (Å²) in [7, 11) is 0. The van der Waals surface area contributed by atoms with E-state index in [1.807, 2.05) is 27.7 Å². The Morgan fingerprint density at radius 2 is 1.24 bits per heavy atom. The van der Waals surface area contributed by atoms with E-state index >= 15 is 0 Å². The van der Waals surface area contributed by atoms with E-state index in [1.54, 1.807) is 0 Å². The minimum absolute atomic E-state index is 1.10. The third-order valence-corrected chi connectivity index (χ3v) is 4.37. The van der Waals surface area contributed by atoms with Gasteiger partial charge in [0.25, 0.3) is 0 Å². The summed E-state index contributed by atoms with van der Waals surface area (Å²) in [6.45, 7) is 20.3. The summed E-state index contributed by atoms with van der Waals surface area (Å²) in [6.07, 6.45) is 1.10. The molecular formula is C24H39N. The van der Waals surface area contributed by atoms with Crippen molar-refractivity contribution >= 4 is 0 Å². The Hall–Kier alpha value is -1.60. The first kappa shape index (κ1) is 23.4. The van der Waals surface area contributed by atoms with Gasteiger partial charge in [0, 0.05) is 0 Å². The molecule has 1 heteroatoms. The van der Waals surface area contributed by atoms with E-state index in [0.29, 0.717) is 0 Å². The lowest BCUT2D eigenvalue weighted by atomic mass is 10.0. The normalized spacial score (nSPS) is 10.3. The van der Waals surface area contributed by atoms with Gasteiger partial charge in [-0.25, -0.2) is 0 Å². The van der Waals surface area contributed by atoms with Gasteiger partial charge in [0.15, 0.2) is 0 Å². The van der Waals surface area contributed by atoms with Crippen LogP contribution >= 0.6 is 0 Å². The summed E-state index contributed by atoms with van der Waals surface area (Å²) in [5.41, 5.74) is 7.24. The van der Waals surface area contributed by atoms with E-state index in [-0.39, 0.29) is 0 Å². The van der Waals surface area contributed by atoms with Gasteiger partial charge in [0.1, 0.15) is 0 Å². The summed E-state index contributed by atoms with van der Waals surface area (Å²) in [5, 5.41) is 0. The van der Waals surface area contributed by atoms with Crippen LogP contribution in [0.5, 0.6) is 0 Å². The fourth-order valence-electron chi connectivity index (χ4n) is 3.06. The van der Waals surface area contributed by atoms with E-state index in [9.17, 15) is 0 Å². The minimum atomic E-state index is 1.10. The zero-order valence-corrected chi connectivity index (χ0v) is 17.8. The molecular weight excluding hydrogens is 302 g/mol. The van der Waals surface area contributed by atoms with Gasteiger partial charge in [-0.2, -0.15) is 0 Å². The molecule has 2 aromatic carbocycles. The molecule has 0 unspecified atom stereocenters. The molecule has 0 bridgehead atoms. The Kier molecular flexibility index (Phi) is 12.8. The van der Waals surface area contributed by atoms with Crippen molar-refractivity contribution < 1.29 is 0 Å². The molecule has 0 saturated heterocycles. The molecule has 140 valence electrons. The van der Waals surface area contributed by atoms with Crippen LogP contribution in [0.1, 0.15) is 65.2 Å². The van der Waals surface area contributed by atoms with Crippen molar-refractivity contribution in [1.29, 1.82) is 0 Å². The number of hydrogen-bond donors (Lipinski definition) is 0. The van der Waals surface area contributed by atoms with Gasteiger partial charge >= 0.3 is 0 Å². The monoisotopic (exact) mass is 341 g/mol. The molecule has 0 radical (unpaired) electrons. The fraction of sp³-hybridized carbons (Fsp3) is 0.500. The number of aryl methyl sites for hydroxylation is 1. The van der Waals surface area contributed by atoms with Crippen LogP contribution in [-0.2, 0) is 6.42 Å². The molecule has 3 rings (SSSR count). The van der Waals surface area contributed by atoms with Crippen LogP contribution in [0.4, 0.5) is 0 Å². The van der Waals surface area contributed by atoms with Crippen LogP contribution in [0.3, 0.4) is 0 Å².